The van der Waals surface area contributed by atoms with Crippen LogP contribution in [0.2, 0.25) is 0 Å². The summed E-state index contributed by atoms with van der Waals surface area (Å²) >= 11 is 0. The highest BCUT2D eigenvalue weighted by atomic mass is 16.5. The lowest BCUT2D eigenvalue weighted by Crippen LogP contribution is -2.08. The molecule has 0 unspecified atom stereocenters. The summed E-state index contributed by atoms with van der Waals surface area (Å²) < 4.78 is 15.5. The maximum atomic E-state index is 11.8. The number of aliphatic hydroxyl groups is 1. The molecule has 0 saturated heterocycles. The van der Waals surface area contributed by atoms with Gasteiger partial charge in [-0.3, -0.25) is 0 Å². The third kappa shape index (κ3) is 2.85. The molecule has 1 heterocycles. The summed E-state index contributed by atoms with van der Waals surface area (Å²) in [6.07, 6.45) is 0.713. The van der Waals surface area contributed by atoms with E-state index in [0.717, 1.165) is 0 Å². The van der Waals surface area contributed by atoms with E-state index in [2.05, 4.69) is 0 Å². The van der Waals surface area contributed by atoms with E-state index < -0.39 is 5.63 Å². The second kappa shape index (κ2) is 6.29. The number of rotatable bonds is 6. The molecule has 0 amide bonds. The molecule has 6 heteroatoms. The van der Waals surface area contributed by atoms with E-state index in [-0.39, 0.29) is 30.3 Å². The van der Waals surface area contributed by atoms with E-state index in [1.54, 1.807) is 12.1 Å². The molecule has 2 N–H and O–H groups in total. The van der Waals surface area contributed by atoms with Crippen molar-refractivity contribution in [1.82, 2.24) is 0 Å². The molecular formula is C14H16O6. The Hall–Kier alpha value is -2.21. The van der Waals surface area contributed by atoms with E-state index in [9.17, 15) is 9.90 Å². The lowest BCUT2D eigenvalue weighted by molar-refractivity contribution is 0.201. The zero-order chi connectivity index (χ0) is 14.5. The highest BCUT2D eigenvalue weighted by Crippen LogP contribution is 2.33. The first-order valence-corrected chi connectivity index (χ1v) is 6.33. The number of hydrogen-bond acceptors (Lipinski definition) is 6. The first kappa shape index (κ1) is 14.2. The number of ether oxygens (including phenoxy) is 2. The van der Waals surface area contributed by atoms with Gasteiger partial charge >= 0.3 is 5.63 Å². The van der Waals surface area contributed by atoms with Gasteiger partial charge in [0.25, 0.3) is 0 Å². The van der Waals surface area contributed by atoms with E-state index in [1.165, 1.54) is 6.07 Å². The lowest BCUT2D eigenvalue weighted by atomic mass is 10.2. The Morgan fingerprint density at radius 3 is 2.75 bits per heavy atom. The van der Waals surface area contributed by atoms with Crippen molar-refractivity contribution >= 4 is 11.0 Å². The molecule has 0 saturated carbocycles. The molecule has 0 aliphatic carbocycles. The molecule has 0 aliphatic heterocycles. The summed E-state index contributed by atoms with van der Waals surface area (Å²) in [4.78, 5) is 11.8. The van der Waals surface area contributed by atoms with Crippen molar-refractivity contribution in [3.63, 3.8) is 0 Å². The van der Waals surface area contributed by atoms with Gasteiger partial charge < -0.3 is 24.1 Å². The van der Waals surface area contributed by atoms with E-state index in [0.29, 0.717) is 24.2 Å². The number of hydrogen-bond donors (Lipinski definition) is 2. The third-order valence-corrected chi connectivity index (χ3v) is 2.62. The summed E-state index contributed by atoms with van der Waals surface area (Å²) in [5.74, 6) is 0.0260. The highest BCUT2D eigenvalue weighted by Gasteiger charge is 2.15. The third-order valence-electron chi connectivity index (χ3n) is 2.62. The van der Waals surface area contributed by atoms with Crippen molar-refractivity contribution in [2.45, 2.75) is 13.3 Å². The minimum Gasteiger partial charge on any atom is -0.504 e. The largest absolute Gasteiger partial charge is 0.504 e. The fraction of sp³-hybridized carbons (Fsp3) is 0.357. The van der Waals surface area contributed by atoms with Gasteiger partial charge in [0.1, 0.15) is 17.9 Å². The van der Waals surface area contributed by atoms with Crippen molar-refractivity contribution in [2.24, 2.45) is 0 Å². The van der Waals surface area contributed by atoms with Crippen LogP contribution in [0.3, 0.4) is 0 Å². The summed E-state index contributed by atoms with van der Waals surface area (Å²) in [7, 11) is 0. The summed E-state index contributed by atoms with van der Waals surface area (Å²) in [5.41, 5.74) is -0.533. The van der Waals surface area contributed by atoms with Gasteiger partial charge in [-0.1, -0.05) is 6.92 Å². The second-order valence-electron chi connectivity index (χ2n) is 4.15. The summed E-state index contributed by atoms with van der Waals surface area (Å²) in [5, 5.41) is 19.1. The Bertz CT molecular complexity index is 646. The Labute approximate surface area is 115 Å². The number of aromatic hydroxyl groups is 1. The van der Waals surface area contributed by atoms with Gasteiger partial charge in [0, 0.05) is 6.07 Å². The SMILES string of the molecule is CCCOc1c(O)c2ccc(OCCO)cc2oc1=O. The Morgan fingerprint density at radius 1 is 1.25 bits per heavy atom. The van der Waals surface area contributed by atoms with Crippen molar-refractivity contribution in [2.75, 3.05) is 19.8 Å². The van der Waals surface area contributed by atoms with Crippen LogP contribution < -0.4 is 15.1 Å². The molecule has 1 aromatic heterocycles. The molecule has 2 aromatic rings. The average Bonchev–Trinajstić information content (AvgIpc) is 2.44. The van der Waals surface area contributed by atoms with Crippen LogP contribution in [-0.2, 0) is 0 Å². The summed E-state index contributed by atoms with van der Waals surface area (Å²) in [6.45, 7) is 2.24. The second-order valence-corrected chi connectivity index (χ2v) is 4.15. The molecule has 20 heavy (non-hydrogen) atoms. The molecule has 2 rings (SSSR count). The molecule has 0 bridgehead atoms. The first-order chi connectivity index (χ1) is 9.67. The number of fused-ring (bicyclic) bond motifs is 1. The molecule has 0 aliphatic rings. The maximum absolute atomic E-state index is 11.8. The van der Waals surface area contributed by atoms with Gasteiger partial charge in [-0.05, 0) is 18.6 Å². The summed E-state index contributed by atoms with van der Waals surface area (Å²) in [6, 6.07) is 4.66. The highest BCUT2D eigenvalue weighted by molar-refractivity contribution is 5.86. The molecule has 0 radical (unpaired) electrons. The van der Waals surface area contributed by atoms with Crippen molar-refractivity contribution in [3.05, 3.63) is 28.6 Å². The minimum atomic E-state index is -0.734. The lowest BCUT2D eigenvalue weighted by Gasteiger charge is -2.09. The van der Waals surface area contributed by atoms with Crippen LogP contribution in [-0.4, -0.2) is 30.0 Å². The Balaban J connectivity index is 2.44. The Morgan fingerprint density at radius 2 is 2.05 bits per heavy atom. The first-order valence-electron chi connectivity index (χ1n) is 6.33. The van der Waals surface area contributed by atoms with Gasteiger partial charge in [-0.15, -0.1) is 0 Å². The van der Waals surface area contributed by atoms with Gasteiger partial charge in [-0.2, -0.15) is 0 Å². The standard InChI is InChI=1S/C14H16O6/c1-2-6-19-13-12(16)10-4-3-9(18-7-5-15)8-11(10)20-14(13)17/h3-4,8,15-16H,2,5-7H2,1H3. The molecule has 0 fully saturated rings. The van der Waals surface area contributed by atoms with Crippen LogP contribution in [0.5, 0.6) is 17.2 Å². The molecule has 108 valence electrons. The minimum absolute atomic E-state index is 0.114. The van der Waals surface area contributed by atoms with E-state index in [1.807, 2.05) is 6.92 Å². The van der Waals surface area contributed by atoms with Crippen LogP contribution in [0.4, 0.5) is 0 Å². The van der Waals surface area contributed by atoms with Crippen molar-refractivity contribution in [1.29, 1.82) is 0 Å². The predicted octanol–water partition coefficient (Wildman–Crippen LogP) is 1.66. The van der Waals surface area contributed by atoms with Crippen LogP contribution in [0.1, 0.15) is 13.3 Å². The maximum Gasteiger partial charge on any atom is 0.383 e. The van der Waals surface area contributed by atoms with Crippen molar-refractivity contribution < 1.29 is 24.1 Å². The smallest absolute Gasteiger partial charge is 0.383 e. The Kier molecular flexibility index (Phi) is 4.47. The average molecular weight is 280 g/mol. The van der Waals surface area contributed by atoms with Crippen LogP contribution in [0.25, 0.3) is 11.0 Å². The quantitative estimate of drug-likeness (QED) is 0.782. The molecular weight excluding hydrogens is 264 g/mol. The van der Waals surface area contributed by atoms with Gasteiger partial charge in [-0.25, -0.2) is 4.79 Å². The van der Waals surface area contributed by atoms with E-state index in [4.69, 9.17) is 19.0 Å². The van der Waals surface area contributed by atoms with Gasteiger partial charge in [0.15, 0.2) is 5.75 Å². The molecule has 0 spiro atoms. The fourth-order valence-electron chi connectivity index (χ4n) is 1.73. The van der Waals surface area contributed by atoms with Crippen LogP contribution >= 0.6 is 0 Å². The number of benzene rings is 1. The predicted molar refractivity (Wildman–Crippen MR) is 72.5 cm³/mol. The van der Waals surface area contributed by atoms with Gasteiger partial charge in [0.05, 0.1) is 18.6 Å². The fourth-order valence-corrected chi connectivity index (χ4v) is 1.73. The topological polar surface area (TPSA) is 89.1 Å². The van der Waals surface area contributed by atoms with E-state index >= 15 is 0 Å². The number of aliphatic hydroxyl groups excluding tert-OH is 1. The van der Waals surface area contributed by atoms with Crippen LogP contribution in [0.15, 0.2) is 27.4 Å². The molecule has 1 aromatic carbocycles. The van der Waals surface area contributed by atoms with Crippen LogP contribution in [0, 0.1) is 0 Å². The zero-order valence-electron chi connectivity index (χ0n) is 11.1. The molecule has 0 atom stereocenters. The van der Waals surface area contributed by atoms with Crippen molar-refractivity contribution in [3.8, 4) is 17.2 Å². The monoisotopic (exact) mass is 280 g/mol. The van der Waals surface area contributed by atoms with Gasteiger partial charge in [0.2, 0.25) is 5.75 Å². The zero-order valence-corrected chi connectivity index (χ0v) is 11.1. The molecule has 6 nitrogen and oxygen atoms in total. The normalized spacial score (nSPS) is 10.7.